The number of amides is 3. The molecule has 36 heavy (non-hydrogen) atoms. The number of aromatic nitrogens is 2. The minimum Gasteiger partial charge on any atom is -0.465 e. The third-order valence-electron chi connectivity index (χ3n) is 6.92. The number of nitrogens with one attached hydrogen (secondary N) is 1. The van der Waals surface area contributed by atoms with Crippen molar-refractivity contribution < 1.29 is 24.2 Å². The minimum absolute atomic E-state index is 0.00934. The van der Waals surface area contributed by atoms with E-state index < -0.39 is 17.8 Å². The van der Waals surface area contributed by atoms with Crippen LogP contribution in [0.25, 0.3) is 11.3 Å². The molecule has 2 aromatic rings. The van der Waals surface area contributed by atoms with E-state index in [0.717, 1.165) is 22.5 Å². The van der Waals surface area contributed by atoms with Crippen LogP contribution in [0.1, 0.15) is 59.6 Å². The highest BCUT2D eigenvalue weighted by molar-refractivity contribution is 5.89. The fraction of sp³-hybridized carbons (Fsp3) is 0.538. The third-order valence-corrected chi connectivity index (χ3v) is 6.92. The molecule has 2 heterocycles. The van der Waals surface area contributed by atoms with Crippen molar-refractivity contribution in [2.75, 3.05) is 20.1 Å². The lowest BCUT2D eigenvalue weighted by Gasteiger charge is -2.45. The number of rotatable bonds is 6. The topological polar surface area (TPSA) is 114 Å². The summed E-state index contributed by atoms with van der Waals surface area (Å²) in [7, 11) is 1.89. The van der Waals surface area contributed by atoms with E-state index in [-0.39, 0.29) is 22.5 Å². The fourth-order valence-corrected chi connectivity index (χ4v) is 4.80. The molecule has 1 unspecified atom stereocenters. The highest BCUT2D eigenvalue weighted by Crippen LogP contribution is 2.45. The fourth-order valence-electron chi connectivity index (χ4n) is 4.80. The SMILES string of the molecule is CCN(C(=O)O)[C@@H]1C[C@H](C)[N+](C)(C(C)=O)c2ccc(-c3cn(CCNC(=O)OC(C)(C)C)cn3)cc21. The Morgan fingerprint density at radius 3 is 2.58 bits per heavy atom. The molecule has 0 saturated heterocycles. The van der Waals surface area contributed by atoms with Gasteiger partial charge in [0.15, 0.2) is 0 Å². The highest BCUT2D eigenvalue weighted by atomic mass is 16.6. The zero-order valence-corrected chi connectivity index (χ0v) is 22.2. The van der Waals surface area contributed by atoms with Crippen molar-refractivity contribution in [1.29, 1.82) is 0 Å². The summed E-state index contributed by atoms with van der Waals surface area (Å²) in [6.07, 6.45) is 2.66. The number of nitrogens with zero attached hydrogens (tertiary/aromatic N) is 4. The zero-order chi connectivity index (χ0) is 26.8. The maximum Gasteiger partial charge on any atom is 0.407 e. The molecule has 0 radical (unpaired) electrons. The second-order valence-corrected chi connectivity index (χ2v) is 10.5. The van der Waals surface area contributed by atoms with Gasteiger partial charge in [-0.2, -0.15) is 0 Å². The van der Waals surface area contributed by atoms with Gasteiger partial charge in [-0.15, -0.1) is 0 Å². The van der Waals surface area contributed by atoms with Crippen molar-refractivity contribution in [1.82, 2.24) is 24.3 Å². The van der Waals surface area contributed by atoms with E-state index in [1.165, 1.54) is 4.90 Å². The molecule has 0 fully saturated rings. The van der Waals surface area contributed by atoms with Crippen molar-refractivity contribution in [2.45, 2.75) is 72.2 Å². The van der Waals surface area contributed by atoms with Crippen LogP contribution in [0, 0.1) is 0 Å². The maximum absolute atomic E-state index is 12.7. The number of hydrogen-bond donors (Lipinski definition) is 2. The van der Waals surface area contributed by atoms with Gasteiger partial charge in [-0.05, 0) is 46.8 Å². The van der Waals surface area contributed by atoms with Crippen LogP contribution >= 0.6 is 0 Å². The number of benzene rings is 1. The molecule has 0 saturated carbocycles. The molecular weight excluding hydrogens is 462 g/mol. The van der Waals surface area contributed by atoms with Gasteiger partial charge in [0.1, 0.15) is 11.3 Å². The third kappa shape index (κ3) is 5.53. The van der Waals surface area contributed by atoms with Gasteiger partial charge in [0, 0.05) is 49.4 Å². The Kier molecular flexibility index (Phi) is 7.78. The van der Waals surface area contributed by atoms with Crippen LogP contribution in [0.2, 0.25) is 0 Å². The Morgan fingerprint density at radius 1 is 1.31 bits per heavy atom. The summed E-state index contributed by atoms with van der Waals surface area (Å²) in [5, 5.41) is 12.6. The first-order valence-corrected chi connectivity index (χ1v) is 12.3. The Hall–Kier alpha value is -3.40. The molecule has 2 N–H and O–H groups in total. The Bertz CT molecular complexity index is 1140. The average Bonchev–Trinajstić information content (AvgIpc) is 3.24. The molecule has 1 aliphatic rings. The molecule has 0 spiro atoms. The van der Waals surface area contributed by atoms with Gasteiger partial charge in [0.05, 0.1) is 38.1 Å². The standard InChI is InChI=1S/C26H37N5O5/c1-8-30(25(34)35)22-13-17(2)31(7,18(3)32)23-10-9-19(14-20(22)23)21-15-29(16-28-21)12-11-27-24(33)36-26(4,5)6/h9-10,14-17,22H,8,11-13H2,1-7H3,(H-,27,33,34,35)/p+1/t17-,22+,31?/m0/s1. The van der Waals surface area contributed by atoms with Crippen LogP contribution in [0.4, 0.5) is 15.3 Å². The number of hydrogen-bond acceptors (Lipinski definition) is 5. The summed E-state index contributed by atoms with van der Waals surface area (Å²) in [6.45, 7) is 12.1. The number of imidazole rings is 1. The molecule has 10 heteroatoms. The summed E-state index contributed by atoms with van der Waals surface area (Å²) in [4.78, 5) is 42.6. The molecule has 1 aromatic carbocycles. The van der Waals surface area contributed by atoms with E-state index in [1.807, 2.05) is 70.6 Å². The van der Waals surface area contributed by atoms with Crippen molar-refractivity contribution in [3.8, 4) is 11.3 Å². The van der Waals surface area contributed by atoms with E-state index in [1.54, 1.807) is 13.3 Å². The van der Waals surface area contributed by atoms with Gasteiger partial charge >= 0.3 is 18.1 Å². The van der Waals surface area contributed by atoms with E-state index in [2.05, 4.69) is 10.3 Å². The van der Waals surface area contributed by atoms with Gasteiger partial charge in [0.25, 0.3) is 0 Å². The average molecular weight is 501 g/mol. The number of fused-ring (bicyclic) bond motifs is 1. The number of ether oxygens (including phenoxy) is 1. The van der Waals surface area contributed by atoms with Crippen molar-refractivity contribution in [3.63, 3.8) is 0 Å². The maximum atomic E-state index is 12.7. The lowest BCUT2D eigenvalue weighted by molar-refractivity contribution is -0.129. The zero-order valence-electron chi connectivity index (χ0n) is 22.2. The van der Waals surface area contributed by atoms with Gasteiger partial charge < -0.3 is 24.6 Å². The summed E-state index contributed by atoms with van der Waals surface area (Å²) in [5.41, 5.74) is 2.65. The van der Waals surface area contributed by atoms with E-state index in [9.17, 15) is 19.5 Å². The molecule has 3 rings (SSSR count). The first-order chi connectivity index (χ1) is 16.8. The molecule has 3 atom stereocenters. The largest absolute Gasteiger partial charge is 0.465 e. The molecule has 196 valence electrons. The van der Waals surface area contributed by atoms with E-state index in [0.29, 0.717) is 26.1 Å². The van der Waals surface area contributed by atoms with Crippen LogP contribution in [0.3, 0.4) is 0 Å². The van der Waals surface area contributed by atoms with Crippen LogP contribution in [0.15, 0.2) is 30.7 Å². The Balaban J connectivity index is 1.88. The number of quaternary nitrogens is 1. The lowest BCUT2D eigenvalue weighted by atomic mass is 9.87. The first-order valence-electron chi connectivity index (χ1n) is 12.3. The van der Waals surface area contributed by atoms with Gasteiger partial charge in [-0.1, -0.05) is 0 Å². The molecule has 0 bridgehead atoms. The van der Waals surface area contributed by atoms with E-state index >= 15 is 0 Å². The van der Waals surface area contributed by atoms with Crippen LogP contribution < -0.4 is 9.80 Å². The summed E-state index contributed by atoms with van der Waals surface area (Å²) < 4.78 is 7.24. The predicted octanol–water partition coefficient (Wildman–Crippen LogP) is 4.39. The van der Waals surface area contributed by atoms with Gasteiger partial charge in [0.2, 0.25) is 0 Å². The highest BCUT2D eigenvalue weighted by Gasteiger charge is 2.47. The number of carboxylic acid groups (broad SMARTS) is 1. The number of carbonyl (C=O) groups is 3. The molecule has 10 nitrogen and oxygen atoms in total. The summed E-state index contributed by atoms with van der Waals surface area (Å²) in [5.74, 6) is 0.00934. The molecule has 0 aliphatic carbocycles. The second kappa shape index (κ2) is 10.3. The molecular formula is C26H38N5O5+. The number of alkyl carbamates (subject to hydrolysis) is 1. The Morgan fingerprint density at radius 2 is 2.00 bits per heavy atom. The monoisotopic (exact) mass is 500 g/mol. The predicted molar refractivity (Wildman–Crippen MR) is 138 cm³/mol. The van der Waals surface area contributed by atoms with Crippen LogP contribution in [0.5, 0.6) is 0 Å². The van der Waals surface area contributed by atoms with Crippen molar-refractivity contribution in [3.05, 3.63) is 36.3 Å². The normalized spacial score (nSPS) is 21.4. The summed E-state index contributed by atoms with van der Waals surface area (Å²) in [6, 6.07) is 5.38. The van der Waals surface area contributed by atoms with Gasteiger partial charge in [-0.3, -0.25) is 0 Å². The number of carbonyl (C=O) groups excluding carboxylic acids is 2. The van der Waals surface area contributed by atoms with Crippen LogP contribution in [-0.4, -0.2) is 69.4 Å². The van der Waals surface area contributed by atoms with Gasteiger partial charge in [-0.25, -0.2) is 23.9 Å². The van der Waals surface area contributed by atoms with E-state index in [4.69, 9.17) is 4.74 Å². The van der Waals surface area contributed by atoms with Crippen molar-refractivity contribution in [2.24, 2.45) is 0 Å². The Labute approximate surface area is 212 Å². The smallest absolute Gasteiger partial charge is 0.407 e. The summed E-state index contributed by atoms with van der Waals surface area (Å²) >= 11 is 0. The van der Waals surface area contributed by atoms with Crippen LogP contribution in [-0.2, 0) is 16.1 Å². The molecule has 1 aliphatic heterocycles. The first kappa shape index (κ1) is 27.2. The lowest BCUT2D eigenvalue weighted by Crippen LogP contribution is -2.60. The quantitative estimate of drug-likeness (QED) is 0.569. The van der Waals surface area contributed by atoms with Crippen molar-refractivity contribution >= 4 is 23.8 Å². The molecule has 3 amide bonds. The minimum atomic E-state index is -0.980. The second-order valence-electron chi connectivity index (χ2n) is 10.5. The molecule has 1 aromatic heterocycles.